The van der Waals surface area contributed by atoms with Gasteiger partial charge in [-0.3, -0.25) is 9.78 Å². The molecule has 1 saturated heterocycles. The number of anilines is 1. The quantitative estimate of drug-likeness (QED) is 0.852. The Labute approximate surface area is 113 Å². The van der Waals surface area contributed by atoms with Gasteiger partial charge in [-0.15, -0.1) is 0 Å². The van der Waals surface area contributed by atoms with Crippen molar-refractivity contribution in [3.05, 3.63) is 30.0 Å². The summed E-state index contributed by atoms with van der Waals surface area (Å²) in [7, 11) is 0. The summed E-state index contributed by atoms with van der Waals surface area (Å²) >= 11 is 0. The minimum Gasteiger partial charge on any atom is -0.353 e. The number of amides is 1. The average Bonchev–Trinajstić information content (AvgIpc) is 2.43. The number of aromatic nitrogens is 2. The van der Waals surface area contributed by atoms with E-state index < -0.39 is 11.6 Å². The van der Waals surface area contributed by atoms with Gasteiger partial charge in [0.05, 0.1) is 17.2 Å². The van der Waals surface area contributed by atoms with Crippen molar-refractivity contribution in [2.45, 2.75) is 13.0 Å². The highest BCUT2D eigenvalue weighted by atomic mass is 19.2. The molecule has 1 N–H and O–H groups in total. The molecule has 0 aliphatic carbocycles. The molecule has 0 radical (unpaired) electrons. The van der Waals surface area contributed by atoms with Crippen LogP contribution in [0.15, 0.2) is 18.3 Å². The van der Waals surface area contributed by atoms with Gasteiger partial charge in [-0.25, -0.2) is 13.8 Å². The Morgan fingerprint density at radius 3 is 2.75 bits per heavy atom. The van der Waals surface area contributed by atoms with Gasteiger partial charge in [-0.2, -0.15) is 0 Å². The lowest BCUT2D eigenvalue weighted by atomic mass is 10.2. The third-order valence-electron chi connectivity index (χ3n) is 3.36. The summed E-state index contributed by atoms with van der Waals surface area (Å²) in [5.41, 5.74) is 0.543. The van der Waals surface area contributed by atoms with Crippen LogP contribution >= 0.6 is 0 Å². The number of carbonyl (C=O) groups is 1. The first-order valence-corrected chi connectivity index (χ1v) is 6.22. The van der Waals surface area contributed by atoms with Gasteiger partial charge in [-0.1, -0.05) is 0 Å². The average molecular weight is 278 g/mol. The van der Waals surface area contributed by atoms with Crippen molar-refractivity contribution < 1.29 is 13.6 Å². The largest absolute Gasteiger partial charge is 0.353 e. The number of fused-ring (bicyclic) bond motifs is 1. The van der Waals surface area contributed by atoms with Crippen LogP contribution in [0.1, 0.15) is 6.92 Å². The lowest BCUT2D eigenvalue weighted by Gasteiger charge is -2.33. The van der Waals surface area contributed by atoms with Crippen molar-refractivity contribution in [1.29, 1.82) is 0 Å². The van der Waals surface area contributed by atoms with E-state index in [1.165, 1.54) is 6.20 Å². The summed E-state index contributed by atoms with van der Waals surface area (Å²) in [6.07, 6.45) is 1.47. The van der Waals surface area contributed by atoms with Crippen LogP contribution in [0.5, 0.6) is 0 Å². The summed E-state index contributed by atoms with van der Waals surface area (Å²) in [5, 5.41) is 2.75. The molecule has 0 bridgehead atoms. The number of carbonyl (C=O) groups excluding carboxylic acids is 1. The minimum absolute atomic E-state index is 0.0940. The number of hydrogen-bond acceptors (Lipinski definition) is 4. The van der Waals surface area contributed by atoms with Crippen molar-refractivity contribution in [3.63, 3.8) is 0 Å². The minimum atomic E-state index is -0.964. The van der Waals surface area contributed by atoms with Crippen molar-refractivity contribution in [1.82, 2.24) is 15.3 Å². The van der Waals surface area contributed by atoms with Crippen molar-refractivity contribution in [2.24, 2.45) is 0 Å². The number of rotatable bonds is 1. The van der Waals surface area contributed by atoms with Gasteiger partial charge in [0.25, 0.3) is 0 Å². The van der Waals surface area contributed by atoms with Crippen molar-refractivity contribution >= 4 is 22.8 Å². The van der Waals surface area contributed by atoms with E-state index in [-0.39, 0.29) is 23.0 Å². The molecule has 20 heavy (non-hydrogen) atoms. The van der Waals surface area contributed by atoms with Gasteiger partial charge in [0.2, 0.25) is 5.91 Å². The van der Waals surface area contributed by atoms with Crippen molar-refractivity contribution in [3.8, 4) is 0 Å². The lowest BCUT2D eigenvalue weighted by molar-refractivity contribution is -0.122. The summed E-state index contributed by atoms with van der Waals surface area (Å²) in [6.45, 7) is 2.86. The molecule has 0 saturated carbocycles. The van der Waals surface area contributed by atoms with Crippen LogP contribution in [0.3, 0.4) is 0 Å². The highest BCUT2D eigenvalue weighted by Crippen LogP contribution is 2.20. The van der Waals surface area contributed by atoms with E-state index in [9.17, 15) is 13.6 Å². The normalized spacial score (nSPS) is 19.2. The third-order valence-corrected chi connectivity index (χ3v) is 3.36. The fraction of sp³-hybridized carbons (Fsp3) is 0.308. The Bertz CT molecular complexity index is 691. The molecule has 1 fully saturated rings. The number of halogens is 2. The summed E-state index contributed by atoms with van der Waals surface area (Å²) in [5.74, 6) is -1.53. The van der Waals surface area contributed by atoms with Crippen LogP contribution in [-0.2, 0) is 4.79 Å². The van der Waals surface area contributed by atoms with Crippen molar-refractivity contribution in [2.75, 3.05) is 18.0 Å². The highest BCUT2D eigenvalue weighted by molar-refractivity contribution is 5.86. The topological polar surface area (TPSA) is 58.1 Å². The Kier molecular flexibility index (Phi) is 2.96. The molecule has 1 amide bonds. The summed E-state index contributed by atoms with van der Waals surface area (Å²) < 4.78 is 26.4. The number of nitrogens with zero attached hydrogens (tertiary/aromatic N) is 3. The molecule has 1 aliphatic rings. The Hall–Kier alpha value is -2.31. The molecule has 0 spiro atoms. The van der Waals surface area contributed by atoms with E-state index in [1.54, 1.807) is 11.8 Å². The van der Waals surface area contributed by atoms with E-state index >= 15 is 0 Å². The van der Waals surface area contributed by atoms with Gasteiger partial charge >= 0.3 is 0 Å². The van der Waals surface area contributed by atoms with Gasteiger partial charge in [0.15, 0.2) is 11.6 Å². The number of nitrogens with one attached hydrogen (secondary N) is 1. The smallest absolute Gasteiger partial charge is 0.242 e. The van der Waals surface area contributed by atoms with Crippen LogP contribution in [0, 0.1) is 11.6 Å². The first-order chi connectivity index (χ1) is 9.56. The summed E-state index contributed by atoms with van der Waals surface area (Å²) in [4.78, 5) is 21.8. The molecule has 104 valence electrons. The van der Waals surface area contributed by atoms with Crippen LogP contribution in [-0.4, -0.2) is 35.0 Å². The zero-order chi connectivity index (χ0) is 14.3. The fourth-order valence-electron chi connectivity index (χ4n) is 2.23. The third kappa shape index (κ3) is 2.04. The molecule has 3 rings (SSSR count). The molecule has 1 aromatic heterocycles. The molecular formula is C13H12F2N4O. The highest BCUT2D eigenvalue weighted by Gasteiger charge is 2.26. The Morgan fingerprint density at radius 1 is 1.30 bits per heavy atom. The molecule has 5 nitrogen and oxygen atoms in total. The van der Waals surface area contributed by atoms with Crippen LogP contribution < -0.4 is 10.2 Å². The lowest BCUT2D eigenvalue weighted by Crippen LogP contribution is -2.54. The zero-order valence-corrected chi connectivity index (χ0v) is 10.7. The van der Waals surface area contributed by atoms with Gasteiger partial charge in [0.1, 0.15) is 11.9 Å². The molecule has 2 heterocycles. The number of benzene rings is 1. The van der Waals surface area contributed by atoms with E-state index in [2.05, 4.69) is 15.3 Å². The zero-order valence-electron chi connectivity index (χ0n) is 10.7. The molecule has 1 atom stereocenters. The molecule has 7 heteroatoms. The fourth-order valence-corrected chi connectivity index (χ4v) is 2.23. The van der Waals surface area contributed by atoms with E-state index in [0.29, 0.717) is 18.9 Å². The van der Waals surface area contributed by atoms with E-state index in [1.807, 2.05) is 0 Å². The molecule has 1 aromatic carbocycles. The number of hydrogen-bond donors (Lipinski definition) is 1. The van der Waals surface area contributed by atoms with E-state index in [4.69, 9.17) is 0 Å². The predicted octanol–water partition coefficient (Wildman–Crippen LogP) is 1.23. The monoisotopic (exact) mass is 278 g/mol. The van der Waals surface area contributed by atoms with E-state index in [0.717, 1.165) is 12.1 Å². The van der Waals surface area contributed by atoms with Crippen LogP contribution in [0.4, 0.5) is 14.6 Å². The Morgan fingerprint density at radius 2 is 2.00 bits per heavy atom. The first kappa shape index (κ1) is 12.7. The van der Waals surface area contributed by atoms with Gasteiger partial charge < -0.3 is 10.2 Å². The SMILES string of the molecule is C[C@@H]1C(=O)NCCN1c1cnc2cc(F)c(F)cc2n1. The second kappa shape index (κ2) is 4.66. The van der Waals surface area contributed by atoms with Gasteiger partial charge in [0, 0.05) is 25.2 Å². The maximum atomic E-state index is 13.2. The first-order valence-electron chi connectivity index (χ1n) is 6.22. The number of piperazine rings is 1. The standard InChI is InChI=1S/C13H12F2N4O/c1-7-13(20)16-2-3-19(7)12-6-17-10-4-8(14)9(15)5-11(10)18-12/h4-7H,2-3H2,1H3,(H,16,20)/t7-/m1/s1. The van der Waals surface area contributed by atoms with Crippen LogP contribution in [0.25, 0.3) is 11.0 Å². The molecule has 1 aliphatic heterocycles. The maximum absolute atomic E-state index is 13.2. The second-order valence-corrected chi connectivity index (χ2v) is 4.64. The Balaban J connectivity index is 2.04. The maximum Gasteiger partial charge on any atom is 0.242 e. The summed E-state index contributed by atoms with van der Waals surface area (Å²) in [6, 6.07) is 1.64. The molecule has 2 aromatic rings. The second-order valence-electron chi connectivity index (χ2n) is 4.64. The van der Waals surface area contributed by atoms with Gasteiger partial charge in [-0.05, 0) is 6.92 Å². The van der Waals surface area contributed by atoms with Crippen LogP contribution in [0.2, 0.25) is 0 Å². The molecular weight excluding hydrogens is 266 g/mol. The molecule has 0 unspecified atom stereocenters. The predicted molar refractivity (Wildman–Crippen MR) is 69.3 cm³/mol.